The fourth-order valence-electron chi connectivity index (χ4n) is 3.46. The molecule has 0 aliphatic heterocycles. The van der Waals surface area contributed by atoms with Gasteiger partial charge in [0, 0.05) is 15.8 Å². The minimum atomic E-state index is -0.0887. The van der Waals surface area contributed by atoms with Crippen LogP contribution >= 0.6 is 27.7 Å². The molecule has 0 saturated heterocycles. The fraction of sp³-hybridized carbons (Fsp3) is 0.182. The summed E-state index contributed by atoms with van der Waals surface area (Å²) < 4.78 is 1.07. The van der Waals surface area contributed by atoms with E-state index in [1.807, 2.05) is 18.2 Å². The smallest absolute Gasteiger partial charge is 0.250 e. The molecule has 0 radical (unpaired) electrons. The van der Waals surface area contributed by atoms with Crippen LogP contribution in [0.5, 0.6) is 0 Å². The van der Waals surface area contributed by atoms with Gasteiger partial charge in [-0.05, 0) is 46.4 Å². The van der Waals surface area contributed by atoms with Crippen molar-refractivity contribution in [2.75, 3.05) is 5.75 Å². The van der Waals surface area contributed by atoms with Crippen molar-refractivity contribution in [1.29, 1.82) is 0 Å². The Morgan fingerprint density at radius 1 is 1.07 bits per heavy atom. The molecule has 3 nitrogen and oxygen atoms in total. The van der Waals surface area contributed by atoms with Gasteiger partial charge in [0.15, 0.2) is 0 Å². The Balaban J connectivity index is 1.35. The molecule has 0 aromatic heterocycles. The van der Waals surface area contributed by atoms with E-state index in [0.29, 0.717) is 5.75 Å². The zero-order valence-electron chi connectivity index (χ0n) is 14.7. The Morgan fingerprint density at radius 2 is 1.89 bits per heavy atom. The first kappa shape index (κ1) is 18.3. The van der Waals surface area contributed by atoms with E-state index in [1.165, 1.54) is 27.5 Å². The molecule has 1 aliphatic carbocycles. The maximum absolute atomic E-state index is 12.0. The number of aryl methyl sites for hydroxylation is 2. The molecule has 0 fully saturated rings. The van der Waals surface area contributed by atoms with E-state index in [2.05, 4.69) is 62.9 Å². The minimum Gasteiger partial charge on any atom is -0.272 e. The van der Waals surface area contributed by atoms with Crippen molar-refractivity contribution in [2.45, 2.75) is 18.6 Å². The second kappa shape index (κ2) is 8.28. The first-order valence-electron chi connectivity index (χ1n) is 8.89. The molecule has 3 aromatic carbocycles. The van der Waals surface area contributed by atoms with E-state index in [9.17, 15) is 4.79 Å². The average molecular weight is 439 g/mol. The first-order chi connectivity index (χ1) is 13.2. The number of hydrogen-bond acceptors (Lipinski definition) is 3. The molecule has 1 N–H and O–H groups in total. The molecule has 1 amide bonds. The molecule has 4 rings (SSSR count). The lowest BCUT2D eigenvalue weighted by atomic mass is 10.0. The molecule has 0 heterocycles. The number of nitrogens with zero attached hydrogens (tertiary/aromatic N) is 1. The number of nitrogens with one attached hydrogen (secondary N) is 1. The van der Waals surface area contributed by atoms with Gasteiger partial charge in [-0.15, -0.1) is 11.8 Å². The molecule has 136 valence electrons. The zero-order valence-corrected chi connectivity index (χ0v) is 17.1. The number of halogens is 1. The summed E-state index contributed by atoms with van der Waals surface area (Å²) in [5.41, 5.74) is 7.68. The molecule has 3 aromatic rings. The van der Waals surface area contributed by atoms with Gasteiger partial charge in [-0.1, -0.05) is 64.5 Å². The van der Waals surface area contributed by atoms with Crippen LogP contribution in [0.25, 0.3) is 10.8 Å². The maximum atomic E-state index is 12.0. The number of carbonyl (C=O) groups is 1. The lowest BCUT2D eigenvalue weighted by molar-refractivity contribution is -0.118. The van der Waals surface area contributed by atoms with E-state index < -0.39 is 0 Å². The lowest BCUT2D eigenvalue weighted by Gasteiger charge is -2.06. The molecule has 5 heteroatoms. The van der Waals surface area contributed by atoms with Gasteiger partial charge in [-0.25, -0.2) is 5.43 Å². The molecular weight excluding hydrogens is 420 g/mol. The van der Waals surface area contributed by atoms with Gasteiger partial charge in [0.25, 0.3) is 0 Å². The highest BCUT2D eigenvalue weighted by Crippen LogP contribution is 2.32. The van der Waals surface area contributed by atoms with Gasteiger partial charge in [-0.3, -0.25) is 4.79 Å². The third-order valence-corrected chi connectivity index (χ3v) is 6.51. The zero-order chi connectivity index (χ0) is 18.6. The standard InChI is InChI=1S/C22H19BrN2OS/c23-20-7-2-1-4-18(20)13-27-14-21(26)25-24-12-17-11-10-16-9-8-15-5-3-6-19(17)22(15)16/h1-7,10-12H,8-9,13-14H2,(H,25,26)/b24-12+. The highest BCUT2D eigenvalue weighted by molar-refractivity contribution is 9.10. The predicted molar refractivity (Wildman–Crippen MR) is 117 cm³/mol. The summed E-state index contributed by atoms with van der Waals surface area (Å²) in [6, 6.07) is 18.7. The van der Waals surface area contributed by atoms with Crippen LogP contribution in [-0.4, -0.2) is 17.9 Å². The van der Waals surface area contributed by atoms with Crippen molar-refractivity contribution in [2.24, 2.45) is 5.10 Å². The number of rotatable bonds is 6. The van der Waals surface area contributed by atoms with E-state index in [-0.39, 0.29) is 5.91 Å². The molecule has 0 spiro atoms. The van der Waals surface area contributed by atoms with Crippen LogP contribution in [0.4, 0.5) is 0 Å². The third-order valence-electron chi connectivity index (χ3n) is 4.75. The predicted octanol–water partition coefficient (Wildman–Crippen LogP) is 5.08. The van der Waals surface area contributed by atoms with Gasteiger partial charge in [0.2, 0.25) is 5.91 Å². The van der Waals surface area contributed by atoms with E-state index >= 15 is 0 Å². The normalized spacial score (nSPS) is 12.8. The van der Waals surface area contributed by atoms with E-state index in [4.69, 9.17) is 0 Å². The van der Waals surface area contributed by atoms with Crippen molar-refractivity contribution < 1.29 is 4.79 Å². The number of hydrazone groups is 1. The Morgan fingerprint density at radius 3 is 2.74 bits per heavy atom. The van der Waals surface area contributed by atoms with Gasteiger partial charge >= 0.3 is 0 Å². The van der Waals surface area contributed by atoms with Crippen molar-refractivity contribution in [3.63, 3.8) is 0 Å². The summed E-state index contributed by atoms with van der Waals surface area (Å²) >= 11 is 5.10. The number of benzene rings is 3. The molecular formula is C22H19BrN2OS. The molecule has 0 unspecified atom stereocenters. The summed E-state index contributed by atoms with van der Waals surface area (Å²) in [6.45, 7) is 0. The average Bonchev–Trinajstić information content (AvgIpc) is 3.10. The number of carbonyl (C=O) groups excluding carboxylic acids is 1. The Bertz CT molecular complexity index is 1020. The summed E-state index contributed by atoms with van der Waals surface area (Å²) in [7, 11) is 0. The van der Waals surface area contributed by atoms with Crippen molar-refractivity contribution >= 4 is 50.6 Å². The van der Waals surface area contributed by atoms with Crippen LogP contribution in [0.15, 0.2) is 64.2 Å². The second-order valence-electron chi connectivity index (χ2n) is 6.53. The Hall–Kier alpha value is -2.11. The summed E-state index contributed by atoms with van der Waals surface area (Å²) in [5.74, 6) is 1.07. The quantitative estimate of drug-likeness (QED) is 0.430. The summed E-state index contributed by atoms with van der Waals surface area (Å²) in [4.78, 5) is 12.0. The topological polar surface area (TPSA) is 41.5 Å². The maximum Gasteiger partial charge on any atom is 0.250 e. The molecule has 0 saturated carbocycles. The minimum absolute atomic E-state index is 0.0887. The van der Waals surface area contributed by atoms with Gasteiger partial charge in [0.05, 0.1) is 12.0 Å². The lowest BCUT2D eigenvalue weighted by Crippen LogP contribution is -2.19. The van der Waals surface area contributed by atoms with Crippen LogP contribution in [-0.2, 0) is 23.4 Å². The molecule has 1 aliphatic rings. The monoisotopic (exact) mass is 438 g/mol. The fourth-order valence-corrected chi connectivity index (χ4v) is 4.89. The highest BCUT2D eigenvalue weighted by Gasteiger charge is 2.15. The van der Waals surface area contributed by atoms with Crippen LogP contribution in [0.2, 0.25) is 0 Å². The van der Waals surface area contributed by atoms with Crippen molar-refractivity contribution in [1.82, 2.24) is 5.43 Å². The number of hydrogen-bond donors (Lipinski definition) is 1. The van der Waals surface area contributed by atoms with Crippen LogP contribution < -0.4 is 5.43 Å². The summed E-state index contributed by atoms with van der Waals surface area (Å²) in [6.07, 6.45) is 3.97. The van der Waals surface area contributed by atoms with Crippen LogP contribution in [0.1, 0.15) is 22.3 Å². The summed E-state index contributed by atoms with van der Waals surface area (Å²) in [5, 5.41) is 6.74. The van der Waals surface area contributed by atoms with Crippen LogP contribution in [0, 0.1) is 0 Å². The van der Waals surface area contributed by atoms with E-state index in [1.54, 1.807) is 18.0 Å². The van der Waals surface area contributed by atoms with Gasteiger partial charge < -0.3 is 0 Å². The van der Waals surface area contributed by atoms with Crippen LogP contribution in [0.3, 0.4) is 0 Å². The van der Waals surface area contributed by atoms with Crippen molar-refractivity contribution in [3.05, 3.63) is 81.3 Å². The second-order valence-corrected chi connectivity index (χ2v) is 8.37. The largest absolute Gasteiger partial charge is 0.272 e. The number of thioether (sulfide) groups is 1. The van der Waals surface area contributed by atoms with Gasteiger partial charge in [-0.2, -0.15) is 5.10 Å². The van der Waals surface area contributed by atoms with Crippen molar-refractivity contribution in [3.8, 4) is 0 Å². The van der Waals surface area contributed by atoms with Gasteiger partial charge in [0.1, 0.15) is 0 Å². The van der Waals surface area contributed by atoms with E-state index in [0.717, 1.165) is 28.6 Å². The SMILES string of the molecule is O=C(CSCc1ccccc1Br)N/N=C/c1ccc2c3c(cccc13)CC2. The highest BCUT2D eigenvalue weighted by atomic mass is 79.9. The molecule has 0 atom stereocenters. The molecule has 27 heavy (non-hydrogen) atoms. The Kier molecular flexibility index (Phi) is 5.60. The Labute approximate surface area is 171 Å². The number of amides is 1. The molecule has 0 bridgehead atoms. The first-order valence-corrected chi connectivity index (χ1v) is 10.8. The third kappa shape index (κ3) is 4.09.